The molecule has 112 valence electrons. The molecule has 20 heavy (non-hydrogen) atoms. The molecule has 0 N–H and O–H groups in total. The van der Waals surface area contributed by atoms with E-state index in [0.29, 0.717) is 10.9 Å². The van der Waals surface area contributed by atoms with Crippen LogP contribution in [0.1, 0.15) is 48.1 Å². The molecule has 4 heteroatoms. The number of methoxy groups -OCH3 is 1. The Labute approximate surface area is 138 Å². The topological polar surface area (TPSA) is 18.5 Å². The Hall–Kier alpha value is -0.0600. The van der Waals surface area contributed by atoms with Crippen LogP contribution in [0.4, 0.5) is 0 Å². The van der Waals surface area contributed by atoms with E-state index in [1.807, 2.05) is 0 Å². The zero-order valence-electron chi connectivity index (χ0n) is 12.1. The molecule has 0 amide bonds. The smallest absolute Gasteiger partial charge is 0.123 e. The van der Waals surface area contributed by atoms with Crippen LogP contribution < -0.4 is 4.74 Å². The number of aryl methyl sites for hydroxylation is 1. The van der Waals surface area contributed by atoms with Gasteiger partial charge in [0.25, 0.3) is 0 Å². The van der Waals surface area contributed by atoms with Crippen molar-refractivity contribution in [3.8, 4) is 5.75 Å². The molecule has 0 aromatic heterocycles. The van der Waals surface area contributed by atoms with Gasteiger partial charge < -0.3 is 9.47 Å². The molecule has 0 radical (unpaired) electrons. The summed E-state index contributed by atoms with van der Waals surface area (Å²) in [6, 6.07) is 4.25. The molecule has 1 saturated heterocycles. The lowest BCUT2D eigenvalue weighted by molar-refractivity contribution is 0.0101. The van der Waals surface area contributed by atoms with Crippen molar-refractivity contribution in [2.24, 2.45) is 0 Å². The first-order valence-corrected chi connectivity index (χ1v) is 8.92. The lowest BCUT2D eigenvalue weighted by Crippen LogP contribution is -2.19. The van der Waals surface area contributed by atoms with E-state index in [-0.39, 0.29) is 0 Å². The first kappa shape index (κ1) is 16.3. The van der Waals surface area contributed by atoms with Gasteiger partial charge in [0.2, 0.25) is 0 Å². The molecule has 1 aromatic rings. The van der Waals surface area contributed by atoms with Gasteiger partial charge in [0.05, 0.1) is 13.2 Å². The van der Waals surface area contributed by atoms with Gasteiger partial charge in [0, 0.05) is 21.5 Å². The van der Waals surface area contributed by atoms with Crippen molar-refractivity contribution < 1.29 is 9.47 Å². The monoisotopic (exact) mass is 404 g/mol. The number of rotatable bonds is 5. The fourth-order valence-corrected chi connectivity index (χ4v) is 3.60. The number of hydrogen-bond donors (Lipinski definition) is 0. The van der Waals surface area contributed by atoms with E-state index in [1.54, 1.807) is 7.11 Å². The molecular formula is C16H22Br2O2. The van der Waals surface area contributed by atoms with Crippen molar-refractivity contribution in [1.29, 1.82) is 0 Å². The van der Waals surface area contributed by atoms with Gasteiger partial charge in [-0.3, -0.25) is 0 Å². The maximum atomic E-state index is 5.80. The summed E-state index contributed by atoms with van der Waals surface area (Å²) in [6.45, 7) is 3.01. The zero-order chi connectivity index (χ0) is 14.5. The Morgan fingerprint density at radius 1 is 1.40 bits per heavy atom. The average Bonchev–Trinajstić information content (AvgIpc) is 2.48. The maximum Gasteiger partial charge on any atom is 0.123 e. The largest absolute Gasteiger partial charge is 0.496 e. The van der Waals surface area contributed by atoms with Crippen LogP contribution in [0.3, 0.4) is 0 Å². The second-order valence-corrected chi connectivity index (χ2v) is 7.34. The third kappa shape index (κ3) is 4.22. The Kier molecular flexibility index (Phi) is 6.37. The van der Waals surface area contributed by atoms with E-state index in [2.05, 4.69) is 50.9 Å². The second kappa shape index (κ2) is 7.81. The summed E-state index contributed by atoms with van der Waals surface area (Å²) in [7, 11) is 1.73. The van der Waals surface area contributed by atoms with Crippen molar-refractivity contribution in [2.45, 2.75) is 50.0 Å². The van der Waals surface area contributed by atoms with Crippen LogP contribution in [-0.4, -0.2) is 19.8 Å². The SMILES string of the molecule is COc1cc(C)c(Br)cc1C(Br)CCC1CCCCO1. The third-order valence-electron chi connectivity index (χ3n) is 3.86. The second-order valence-electron chi connectivity index (χ2n) is 5.38. The van der Waals surface area contributed by atoms with Crippen LogP contribution in [0.2, 0.25) is 0 Å². The van der Waals surface area contributed by atoms with Crippen LogP contribution in [0.5, 0.6) is 5.75 Å². The highest BCUT2D eigenvalue weighted by molar-refractivity contribution is 9.10. The van der Waals surface area contributed by atoms with Gasteiger partial charge in [0.15, 0.2) is 0 Å². The summed E-state index contributed by atoms with van der Waals surface area (Å²) in [6.07, 6.45) is 6.32. The summed E-state index contributed by atoms with van der Waals surface area (Å²) in [5, 5.41) is 0. The quantitative estimate of drug-likeness (QED) is 0.597. The van der Waals surface area contributed by atoms with E-state index in [9.17, 15) is 0 Å². The maximum absolute atomic E-state index is 5.80. The number of ether oxygens (including phenoxy) is 2. The van der Waals surface area contributed by atoms with Crippen molar-refractivity contribution in [3.05, 3.63) is 27.7 Å². The van der Waals surface area contributed by atoms with Gasteiger partial charge in [-0.1, -0.05) is 31.9 Å². The van der Waals surface area contributed by atoms with Gasteiger partial charge >= 0.3 is 0 Å². The van der Waals surface area contributed by atoms with Gasteiger partial charge in [-0.05, 0) is 56.7 Å². The molecule has 0 bridgehead atoms. The van der Waals surface area contributed by atoms with Crippen LogP contribution >= 0.6 is 31.9 Å². The van der Waals surface area contributed by atoms with Crippen molar-refractivity contribution in [2.75, 3.05) is 13.7 Å². The lowest BCUT2D eigenvalue weighted by Gasteiger charge is -2.24. The first-order chi connectivity index (χ1) is 9.61. The normalized spacial score (nSPS) is 20.7. The zero-order valence-corrected chi connectivity index (χ0v) is 15.3. The molecular weight excluding hydrogens is 384 g/mol. The Morgan fingerprint density at radius 3 is 2.85 bits per heavy atom. The van der Waals surface area contributed by atoms with Gasteiger partial charge in [0.1, 0.15) is 5.75 Å². The first-order valence-electron chi connectivity index (χ1n) is 7.21. The summed E-state index contributed by atoms with van der Waals surface area (Å²) in [5.74, 6) is 0.956. The molecule has 2 unspecified atom stereocenters. The minimum Gasteiger partial charge on any atom is -0.496 e. The van der Waals surface area contributed by atoms with E-state index >= 15 is 0 Å². The van der Waals surface area contributed by atoms with Gasteiger partial charge in [-0.2, -0.15) is 0 Å². The fraction of sp³-hybridized carbons (Fsp3) is 0.625. The summed E-state index contributed by atoms with van der Waals surface area (Å²) in [5.41, 5.74) is 2.40. The fourth-order valence-electron chi connectivity index (χ4n) is 2.61. The molecule has 1 fully saturated rings. The average molecular weight is 406 g/mol. The van der Waals surface area contributed by atoms with E-state index in [0.717, 1.165) is 29.7 Å². The molecule has 2 nitrogen and oxygen atoms in total. The molecule has 0 spiro atoms. The van der Waals surface area contributed by atoms with Gasteiger partial charge in [-0.15, -0.1) is 0 Å². The van der Waals surface area contributed by atoms with Crippen LogP contribution in [-0.2, 0) is 4.74 Å². The standard InChI is InChI=1S/C16H22Br2O2/c1-11-9-16(19-2)13(10-15(11)18)14(17)7-6-12-5-3-4-8-20-12/h9-10,12,14H,3-8H2,1-2H3. The molecule has 0 aliphatic carbocycles. The molecule has 1 heterocycles. The highest BCUT2D eigenvalue weighted by Crippen LogP contribution is 2.38. The molecule has 1 aromatic carbocycles. The molecule has 2 rings (SSSR count). The summed E-state index contributed by atoms with van der Waals surface area (Å²) >= 11 is 7.41. The van der Waals surface area contributed by atoms with Gasteiger partial charge in [-0.25, -0.2) is 0 Å². The minimum absolute atomic E-state index is 0.305. The predicted octanol–water partition coefficient (Wildman–Crippen LogP) is 5.55. The number of benzene rings is 1. The Bertz CT molecular complexity index is 442. The summed E-state index contributed by atoms with van der Waals surface area (Å²) < 4.78 is 12.4. The molecule has 1 aliphatic heterocycles. The third-order valence-corrected chi connectivity index (χ3v) is 5.67. The minimum atomic E-state index is 0.305. The van der Waals surface area contributed by atoms with Crippen LogP contribution in [0.25, 0.3) is 0 Å². The van der Waals surface area contributed by atoms with E-state index in [1.165, 1.54) is 30.4 Å². The summed E-state index contributed by atoms with van der Waals surface area (Å²) in [4.78, 5) is 0.305. The van der Waals surface area contributed by atoms with Crippen molar-refractivity contribution >= 4 is 31.9 Å². The molecule has 2 atom stereocenters. The Balaban J connectivity index is 2.00. The van der Waals surface area contributed by atoms with Crippen LogP contribution in [0, 0.1) is 6.92 Å². The number of alkyl halides is 1. The highest BCUT2D eigenvalue weighted by Gasteiger charge is 2.19. The Morgan fingerprint density at radius 2 is 2.20 bits per heavy atom. The van der Waals surface area contributed by atoms with E-state index in [4.69, 9.17) is 9.47 Å². The van der Waals surface area contributed by atoms with Crippen LogP contribution in [0.15, 0.2) is 16.6 Å². The van der Waals surface area contributed by atoms with Crippen molar-refractivity contribution in [1.82, 2.24) is 0 Å². The van der Waals surface area contributed by atoms with E-state index < -0.39 is 0 Å². The molecule has 1 aliphatic rings. The lowest BCUT2D eigenvalue weighted by atomic mass is 10.00. The van der Waals surface area contributed by atoms with Crippen molar-refractivity contribution in [3.63, 3.8) is 0 Å². The number of hydrogen-bond acceptors (Lipinski definition) is 2. The highest BCUT2D eigenvalue weighted by atomic mass is 79.9. The number of halogens is 2. The molecule has 0 saturated carbocycles. The predicted molar refractivity (Wildman–Crippen MR) is 89.9 cm³/mol.